The van der Waals surface area contributed by atoms with Crippen LogP contribution in [0.3, 0.4) is 0 Å². The largest absolute Gasteiger partial charge is 0.443 e. The van der Waals surface area contributed by atoms with Gasteiger partial charge in [0.2, 0.25) is 0 Å². The Kier molecular flexibility index (Phi) is 8.09. The fourth-order valence-electron chi connectivity index (χ4n) is 4.27. The monoisotopic (exact) mass is 509 g/mol. The van der Waals surface area contributed by atoms with Crippen molar-refractivity contribution in [2.75, 3.05) is 4.90 Å². The third-order valence-corrected chi connectivity index (χ3v) is 6.06. The Bertz CT molecular complexity index is 1370. The van der Waals surface area contributed by atoms with Gasteiger partial charge in [0, 0.05) is 18.4 Å². The molecule has 0 N–H and O–H groups in total. The second kappa shape index (κ2) is 10.7. The molecule has 0 unspecified atom stereocenters. The lowest BCUT2D eigenvalue weighted by molar-refractivity contribution is 0.0578. The molecule has 5 nitrogen and oxygen atoms in total. The van der Waals surface area contributed by atoms with Crippen LogP contribution in [-0.4, -0.2) is 21.2 Å². The van der Waals surface area contributed by atoms with Gasteiger partial charge in [0.25, 0.3) is 0 Å². The lowest BCUT2D eigenvalue weighted by Crippen LogP contribution is -2.36. The van der Waals surface area contributed by atoms with E-state index in [0.717, 1.165) is 27.9 Å². The molecule has 4 rings (SSSR count). The fraction of sp³-hybridized carbons (Fsp3) is 0.310. The van der Waals surface area contributed by atoms with E-state index >= 15 is 0 Å². The van der Waals surface area contributed by atoms with E-state index in [1.54, 1.807) is 23.2 Å². The van der Waals surface area contributed by atoms with Crippen molar-refractivity contribution in [1.82, 2.24) is 9.55 Å². The topological polar surface area (TPSA) is 47.4 Å². The third kappa shape index (κ3) is 5.88. The molecule has 4 aromatic rings. The molecule has 2 aromatic carbocycles. The highest BCUT2D eigenvalue weighted by Crippen LogP contribution is 2.34. The molecule has 36 heavy (non-hydrogen) atoms. The lowest BCUT2D eigenvalue weighted by atomic mass is 10.1. The van der Waals surface area contributed by atoms with E-state index in [2.05, 4.69) is 54.6 Å². The molecule has 0 aliphatic heterocycles. The van der Waals surface area contributed by atoms with Gasteiger partial charge < -0.3 is 9.30 Å². The number of anilines is 1. The zero-order chi connectivity index (χ0) is 25.3. The van der Waals surface area contributed by atoms with E-state index in [0.29, 0.717) is 12.2 Å². The molecule has 0 spiro atoms. The summed E-state index contributed by atoms with van der Waals surface area (Å²) in [6.07, 6.45) is 1.26. The minimum atomic E-state index is -0.667. The minimum Gasteiger partial charge on any atom is -0.443 e. The van der Waals surface area contributed by atoms with Crippen molar-refractivity contribution in [3.8, 4) is 0 Å². The van der Waals surface area contributed by atoms with E-state index in [4.69, 9.17) is 4.74 Å². The average molecular weight is 510 g/mol. The Morgan fingerprint density at radius 3 is 2.36 bits per heavy atom. The van der Waals surface area contributed by atoms with Crippen LogP contribution in [0.1, 0.15) is 48.7 Å². The second-order valence-corrected chi connectivity index (χ2v) is 10.0. The van der Waals surface area contributed by atoms with Gasteiger partial charge in [-0.05, 0) is 76.4 Å². The van der Waals surface area contributed by atoms with Crippen LogP contribution in [0.2, 0.25) is 0 Å². The summed E-state index contributed by atoms with van der Waals surface area (Å²) in [4.78, 5) is 19.8. The van der Waals surface area contributed by atoms with Crippen molar-refractivity contribution in [3.05, 3.63) is 94.6 Å². The first-order chi connectivity index (χ1) is 16.5. The quantitative estimate of drug-likeness (QED) is 0.279. The number of hydrogen-bond donors (Lipinski definition) is 0. The van der Waals surface area contributed by atoms with Gasteiger partial charge in [-0.3, -0.25) is 9.88 Å². The van der Waals surface area contributed by atoms with Crippen LogP contribution in [0, 0.1) is 26.6 Å². The molecule has 2 aromatic heterocycles. The molecule has 0 bridgehead atoms. The van der Waals surface area contributed by atoms with Gasteiger partial charge in [-0.15, -0.1) is 12.4 Å². The number of halogens is 2. The summed E-state index contributed by atoms with van der Waals surface area (Å²) in [6, 6.07) is 16.4. The summed E-state index contributed by atoms with van der Waals surface area (Å²) < 4.78 is 21.6. The Balaban J connectivity index is 0.00000361. The number of hydrogen-bond acceptors (Lipinski definition) is 3. The molecule has 0 atom stereocenters. The van der Waals surface area contributed by atoms with Crippen molar-refractivity contribution >= 4 is 35.2 Å². The average Bonchev–Trinajstić information content (AvgIpc) is 3.03. The van der Waals surface area contributed by atoms with Crippen molar-refractivity contribution in [2.45, 2.75) is 60.2 Å². The number of benzene rings is 2. The highest BCUT2D eigenvalue weighted by Gasteiger charge is 2.27. The predicted molar refractivity (Wildman–Crippen MR) is 146 cm³/mol. The normalized spacial score (nSPS) is 11.3. The van der Waals surface area contributed by atoms with Gasteiger partial charge in [-0.1, -0.05) is 42.0 Å². The molecular weight excluding hydrogens is 477 g/mol. The Morgan fingerprint density at radius 2 is 1.72 bits per heavy atom. The molecule has 0 fully saturated rings. The summed E-state index contributed by atoms with van der Waals surface area (Å²) in [5.74, 6) is -0.317. The SMILES string of the molecule is Cc1cccc(Cn2c(C)c(C)c3nccc(N(Cc4ccc(F)cc4)C(=O)OC(C)(C)C)c32)c1.Cl. The summed E-state index contributed by atoms with van der Waals surface area (Å²) in [7, 11) is 0. The maximum Gasteiger partial charge on any atom is 0.415 e. The smallest absolute Gasteiger partial charge is 0.415 e. The second-order valence-electron chi connectivity index (χ2n) is 10.0. The molecule has 7 heteroatoms. The van der Waals surface area contributed by atoms with Crippen molar-refractivity contribution < 1.29 is 13.9 Å². The first kappa shape index (κ1) is 27.2. The highest BCUT2D eigenvalue weighted by molar-refractivity contribution is 6.00. The van der Waals surface area contributed by atoms with Crippen LogP contribution < -0.4 is 4.90 Å². The maximum absolute atomic E-state index is 13.6. The van der Waals surface area contributed by atoms with E-state index < -0.39 is 11.7 Å². The van der Waals surface area contributed by atoms with Crippen LogP contribution in [0.4, 0.5) is 14.9 Å². The molecule has 0 aliphatic rings. The van der Waals surface area contributed by atoms with Crippen LogP contribution in [0.15, 0.2) is 60.8 Å². The summed E-state index contributed by atoms with van der Waals surface area (Å²) >= 11 is 0. The standard InChI is InChI=1S/C29H32FN3O2.ClH/c1-19-8-7-9-23(16-19)18-32-21(3)20(2)26-27(32)25(14-15-31-26)33(28(34)35-29(4,5)6)17-22-10-12-24(30)13-11-22;/h7-16H,17-18H2,1-6H3;1H. The molecule has 0 saturated carbocycles. The lowest BCUT2D eigenvalue weighted by Gasteiger charge is -2.28. The van der Waals surface area contributed by atoms with Crippen LogP contribution >= 0.6 is 12.4 Å². The number of carbonyl (C=O) groups is 1. The Hall–Kier alpha value is -3.38. The molecule has 0 radical (unpaired) electrons. The number of rotatable bonds is 5. The summed E-state index contributed by atoms with van der Waals surface area (Å²) in [6.45, 7) is 12.6. The van der Waals surface area contributed by atoms with Gasteiger partial charge in [-0.25, -0.2) is 9.18 Å². The number of amides is 1. The minimum absolute atomic E-state index is 0. The van der Waals surface area contributed by atoms with Crippen LogP contribution in [0.5, 0.6) is 0 Å². The zero-order valence-electron chi connectivity index (χ0n) is 21.6. The van der Waals surface area contributed by atoms with E-state index in [9.17, 15) is 9.18 Å². The molecule has 0 saturated heterocycles. The number of fused-ring (bicyclic) bond motifs is 1. The molecular formula is C29H33ClFN3O2. The van der Waals surface area contributed by atoms with Crippen molar-refractivity contribution in [1.29, 1.82) is 0 Å². The molecule has 190 valence electrons. The van der Waals surface area contributed by atoms with Crippen molar-refractivity contribution in [3.63, 3.8) is 0 Å². The molecule has 2 heterocycles. The van der Waals surface area contributed by atoms with Crippen LogP contribution in [0.25, 0.3) is 11.0 Å². The summed E-state index contributed by atoms with van der Waals surface area (Å²) in [5.41, 5.74) is 7.08. The first-order valence-corrected chi connectivity index (χ1v) is 11.8. The number of aryl methyl sites for hydroxylation is 2. The Morgan fingerprint density at radius 1 is 1.03 bits per heavy atom. The predicted octanol–water partition coefficient (Wildman–Crippen LogP) is 7.51. The van der Waals surface area contributed by atoms with E-state index in [1.807, 2.05) is 26.8 Å². The van der Waals surface area contributed by atoms with E-state index in [1.165, 1.54) is 23.3 Å². The number of aromatic nitrogens is 2. The molecule has 1 amide bonds. The highest BCUT2D eigenvalue weighted by atomic mass is 35.5. The fourth-order valence-corrected chi connectivity index (χ4v) is 4.27. The van der Waals surface area contributed by atoms with Gasteiger partial charge in [0.1, 0.15) is 11.4 Å². The van der Waals surface area contributed by atoms with E-state index in [-0.39, 0.29) is 24.8 Å². The van der Waals surface area contributed by atoms with Gasteiger partial charge in [-0.2, -0.15) is 0 Å². The Labute approximate surface area is 218 Å². The van der Waals surface area contributed by atoms with Gasteiger partial charge >= 0.3 is 6.09 Å². The zero-order valence-corrected chi connectivity index (χ0v) is 22.4. The number of nitrogens with zero attached hydrogens (tertiary/aromatic N) is 3. The number of ether oxygens (including phenoxy) is 1. The summed E-state index contributed by atoms with van der Waals surface area (Å²) in [5, 5.41) is 0. The maximum atomic E-state index is 13.6. The molecule has 0 aliphatic carbocycles. The van der Waals surface area contributed by atoms with Gasteiger partial charge in [0.05, 0.1) is 23.3 Å². The van der Waals surface area contributed by atoms with Crippen molar-refractivity contribution in [2.24, 2.45) is 0 Å². The number of pyridine rings is 1. The first-order valence-electron chi connectivity index (χ1n) is 11.8. The third-order valence-electron chi connectivity index (χ3n) is 6.06. The van der Waals surface area contributed by atoms with Gasteiger partial charge in [0.15, 0.2) is 0 Å². The van der Waals surface area contributed by atoms with Crippen LogP contribution in [-0.2, 0) is 17.8 Å². The number of carbonyl (C=O) groups excluding carboxylic acids is 1.